The van der Waals surface area contributed by atoms with E-state index in [2.05, 4.69) is 55.1 Å². The number of nitrogens with zero attached hydrogens (tertiary/aromatic N) is 1. The molecule has 2 nitrogen and oxygen atoms in total. The molecule has 0 saturated carbocycles. The van der Waals surface area contributed by atoms with Gasteiger partial charge in [-0.1, -0.05) is 18.2 Å². The van der Waals surface area contributed by atoms with Crippen LogP contribution in [0.2, 0.25) is 0 Å². The number of fused-ring (bicyclic) bond motifs is 1. The third-order valence-electron chi connectivity index (χ3n) is 3.37. The smallest absolute Gasteiger partial charge is 0.0531 e. The third-order valence-corrected chi connectivity index (χ3v) is 3.37. The SMILES string of the molecule is CCn1cc(C)c2cccc(C(C)NC)c21. The summed E-state index contributed by atoms with van der Waals surface area (Å²) >= 11 is 0. The maximum absolute atomic E-state index is 3.32. The molecule has 1 heterocycles. The van der Waals surface area contributed by atoms with Gasteiger partial charge in [-0.05, 0) is 38.9 Å². The van der Waals surface area contributed by atoms with Crippen LogP contribution in [0.4, 0.5) is 0 Å². The first-order chi connectivity index (χ1) is 7.69. The number of rotatable bonds is 3. The van der Waals surface area contributed by atoms with Gasteiger partial charge >= 0.3 is 0 Å². The van der Waals surface area contributed by atoms with Crippen molar-refractivity contribution in [1.82, 2.24) is 9.88 Å². The van der Waals surface area contributed by atoms with E-state index in [-0.39, 0.29) is 0 Å². The first-order valence-electron chi connectivity index (χ1n) is 5.94. The summed E-state index contributed by atoms with van der Waals surface area (Å²) in [5.74, 6) is 0. The molecule has 0 aliphatic carbocycles. The van der Waals surface area contributed by atoms with E-state index >= 15 is 0 Å². The second kappa shape index (κ2) is 4.30. The highest BCUT2D eigenvalue weighted by molar-refractivity contribution is 5.87. The molecule has 16 heavy (non-hydrogen) atoms. The molecule has 86 valence electrons. The van der Waals surface area contributed by atoms with E-state index in [0.29, 0.717) is 6.04 Å². The zero-order valence-electron chi connectivity index (χ0n) is 10.5. The highest BCUT2D eigenvalue weighted by Gasteiger charge is 2.12. The van der Waals surface area contributed by atoms with E-state index in [1.807, 2.05) is 7.05 Å². The van der Waals surface area contributed by atoms with E-state index in [4.69, 9.17) is 0 Å². The van der Waals surface area contributed by atoms with Gasteiger partial charge in [0, 0.05) is 24.2 Å². The zero-order chi connectivity index (χ0) is 11.7. The van der Waals surface area contributed by atoms with Crippen molar-refractivity contribution in [2.45, 2.75) is 33.4 Å². The van der Waals surface area contributed by atoms with Gasteiger partial charge in [0.25, 0.3) is 0 Å². The van der Waals surface area contributed by atoms with E-state index in [0.717, 1.165) is 6.54 Å². The second-order valence-corrected chi connectivity index (χ2v) is 4.35. The predicted octanol–water partition coefficient (Wildman–Crippen LogP) is 3.25. The monoisotopic (exact) mass is 216 g/mol. The van der Waals surface area contributed by atoms with Gasteiger partial charge < -0.3 is 9.88 Å². The largest absolute Gasteiger partial charge is 0.347 e. The standard InChI is InChI=1S/C14H20N2/c1-5-16-9-10(2)12-7-6-8-13(14(12)16)11(3)15-4/h6-9,11,15H,5H2,1-4H3. The van der Waals surface area contributed by atoms with Gasteiger partial charge in [0.2, 0.25) is 0 Å². The minimum Gasteiger partial charge on any atom is -0.347 e. The van der Waals surface area contributed by atoms with Gasteiger partial charge in [-0.2, -0.15) is 0 Å². The van der Waals surface area contributed by atoms with E-state index in [9.17, 15) is 0 Å². The molecule has 1 aromatic carbocycles. The lowest BCUT2D eigenvalue weighted by Crippen LogP contribution is -2.13. The predicted molar refractivity (Wildman–Crippen MR) is 69.8 cm³/mol. The van der Waals surface area contributed by atoms with Crippen molar-refractivity contribution in [3.8, 4) is 0 Å². The summed E-state index contributed by atoms with van der Waals surface area (Å²) in [6.45, 7) is 7.61. The highest BCUT2D eigenvalue weighted by Crippen LogP contribution is 2.27. The first-order valence-corrected chi connectivity index (χ1v) is 5.94. The lowest BCUT2D eigenvalue weighted by Gasteiger charge is -2.14. The number of hydrogen-bond donors (Lipinski definition) is 1. The highest BCUT2D eigenvalue weighted by atomic mass is 15.0. The van der Waals surface area contributed by atoms with Crippen molar-refractivity contribution < 1.29 is 0 Å². The number of nitrogens with one attached hydrogen (secondary N) is 1. The number of benzene rings is 1. The molecule has 0 aliphatic rings. The quantitative estimate of drug-likeness (QED) is 0.833. The van der Waals surface area contributed by atoms with E-state index in [1.165, 1.54) is 22.0 Å². The van der Waals surface area contributed by atoms with Crippen LogP contribution >= 0.6 is 0 Å². The Morgan fingerprint density at radius 1 is 1.38 bits per heavy atom. The molecule has 2 rings (SSSR count). The lowest BCUT2D eigenvalue weighted by molar-refractivity contribution is 0.651. The Hall–Kier alpha value is -1.28. The van der Waals surface area contributed by atoms with Gasteiger partial charge in [-0.25, -0.2) is 0 Å². The average Bonchev–Trinajstić information content (AvgIpc) is 2.65. The van der Waals surface area contributed by atoms with Crippen LogP contribution in [0.15, 0.2) is 24.4 Å². The van der Waals surface area contributed by atoms with Crippen LogP contribution in [0.25, 0.3) is 10.9 Å². The molecular weight excluding hydrogens is 196 g/mol. The molecule has 0 spiro atoms. The Balaban J connectivity index is 2.74. The van der Waals surface area contributed by atoms with Crippen LogP contribution in [-0.4, -0.2) is 11.6 Å². The van der Waals surface area contributed by atoms with Gasteiger partial charge in [0.15, 0.2) is 0 Å². The third kappa shape index (κ3) is 1.63. The van der Waals surface area contributed by atoms with Gasteiger partial charge in [0.1, 0.15) is 0 Å². The topological polar surface area (TPSA) is 17.0 Å². The van der Waals surface area contributed by atoms with Crippen LogP contribution in [0.1, 0.15) is 31.0 Å². The molecule has 1 N–H and O–H groups in total. The van der Waals surface area contributed by atoms with Crippen molar-refractivity contribution >= 4 is 10.9 Å². The summed E-state index contributed by atoms with van der Waals surface area (Å²) in [6.07, 6.45) is 2.25. The maximum Gasteiger partial charge on any atom is 0.0531 e. The average molecular weight is 216 g/mol. The Kier molecular flexibility index (Phi) is 3.01. The fourth-order valence-corrected chi connectivity index (χ4v) is 2.32. The maximum atomic E-state index is 3.32. The Bertz CT molecular complexity index is 497. The summed E-state index contributed by atoms with van der Waals surface area (Å²) in [5.41, 5.74) is 4.13. The summed E-state index contributed by atoms with van der Waals surface area (Å²) in [6, 6.07) is 6.97. The number of aryl methyl sites for hydroxylation is 2. The Labute approximate surface area is 97.3 Å². The van der Waals surface area contributed by atoms with E-state index < -0.39 is 0 Å². The van der Waals surface area contributed by atoms with Crippen LogP contribution in [0.3, 0.4) is 0 Å². The Morgan fingerprint density at radius 2 is 2.12 bits per heavy atom. The number of para-hydroxylation sites is 1. The summed E-state index contributed by atoms with van der Waals surface area (Å²) in [7, 11) is 2.01. The molecule has 1 unspecified atom stereocenters. The molecule has 2 heteroatoms. The fraction of sp³-hybridized carbons (Fsp3) is 0.429. The summed E-state index contributed by atoms with van der Waals surface area (Å²) < 4.78 is 2.34. The first kappa shape index (κ1) is 11.2. The van der Waals surface area contributed by atoms with Crippen molar-refractivity contribution in [1.29, 1.82) is 0 Å². The molecule has 0 amide bonds. The molecule has 0 radical (unpaired) electrons. The summed E-state index contributed by atoms with van der Waals surface area (Å²) in [5, 5.41) is 4.70. The normalized spacial score (nSPS) is 13.2. The minimum atomic E-state index is 0.392. The van der Waals surface area contributed by atoms with Crippen molar-refractivity contribution in [3.05, 3.63) is 35.5 Å². The molecule has 0 saturated heterocycles. The van der Waals surface area contributed by atoms with Crippen LogP contribution < -0.4 is 5.32 Å². The van der Waals surface area contributed by atoms with Gasteiger partial charge in [-0.15, -0.1) is 0 Å². The van der Waals surface area contributed by atoms with Crippen LogP contribution in [-0.2, 0) is 6.54 Å². The molecule has 0 bridgehead atoms. The van der Waals surface area contributed by atoms with Crippen LogP contribution in [0, 0.1) is 6.92 Å². The van der Waals surface area contributed by atoms with Gasteiger partial charge in [-0.3, -0.25) is 0 Å². The molecule has 1 atom stereocenters. The fourth-order valence-electron chi connectivity index (χ4n) is 2.32. The molecule has 0 fully saturated rings. The van der Waals surface area contributed by atoms with E-state index in [1.54, 1.807) is 0 Å². The van der Waals surface area contributed by atoms with Crippen molar-refractivity contribution in [3.63, 3.8) is 0 Å². The van der Waals surface area contributed by atoms with Gasteiger partial charge in [0.05, 0.1) is 5.52 Å². The zero-order valence-corrected chi connectivity index (χ0v) is 10.5. The molecule has 2 aromatic rings. The lowest BCUT2D eigenvalue weighted by atomic mass is 10.0. The number of aromatic nitrogens is 1. The Morgan fingerprint density at radius 3 is 2.75 bits per heavy atom. The minimum absolute atomic E-state index is 0.392. The molecule has 1 aromatic heterocycles. The second-order valence-electron chi connectivity index (χ2n) is 4.35. The summed E-state index contributed by atoms with van der Waals surface area (Å²) in [4.78, 5) is 0. The van der Waals surface area contributed by atoms with Crippen molar-refractivity contribution in [2.75, 3.05) is 7.05 Å². The number of hydrogen-bond acceptors (Lipinski definition) is 1. The molecule has 0 aliphatic heterocycles. The van der Waals surface area contributed by atoms with Crippen molar-refractivity contribution in [2.24, 2.45) is 0 Å². The molecular formula is C14H20N2. The van der Waals surface area contributed by atoms with Crippen LogP contribution in [0.5, 0.6) is 0 Å².